The maximum Gasteiger partial charge on any atom is 0.306 e. The highest BCUT2D eigenvalue weighted by atomic mass is 16.6. The maximum absolute atomic E-state index is 12.0. The van der Waals surface area contributed by atoms with Crippen LogP contribution in [0.25, 0.3) is 0 Å². The number of rotatable bonds is 6. The minimum atomic E-state index is -0.558. The number of hydrogen-bond donors (Lipinski definition) is 0. The van der Waals surface area contributed by atoms with Gasteiger partial charge in [-0.25, -0.2) is 0 Å². The number of ether oxygens (including phenoxy) is 1. The smallest absolute Gasteiger partial charge is 0.306 e. The number of nitro benzene ring substituents is 1. The lowest BCUT2D eigenvalue weighted by molar-refractivity contribution is -0.384. The predicted molar refractivity (Wildman–Crippen MR) is 81.9 cm³/mol. The summed E-state index contributed by atoms with van der Waals surface area (Å²) in [5.41, 5.74) is 0.0380. The van der Waals surface area contributed by atoms with Crippen molar-refractivity contribution in [3.05, 3.63) is 39.9 Å². The van der Waals surface area contributed by atoms with Crippen molar-refractivity contribution in [3.8, 4) is 0 Å². The molecule has 0 radical (unpaired) electrons. The summed E-state index contributed by atoms with van der Waals surface area (Å²) in [4.78, 5) is 34.0. The average Bonchev–Trinajstić information content (AvgIpc) is 3.15. The summed E-state index contributed by atoms with van der Waals surface area (Å²) in [7, 11) is 0. The Hall–Kier alpha value is -2.24. The molecule has 0 amide bonds. The van der Waals surface area contributed by atoms with Crippen molar-refractivity contribution < 1.29 is 19.2 Å². The Balaban J connectivity index is 1.49. The number of Topliss-reactive ketones (excluding diaryl/α,β-unsaturated/α-hetero) is 1. The second-order valence-corrected chi connectivity index (χ2v) is 6.53. The first kappa shape index (κ1) is 15.6. The molecule has 6 nitrogen and oxygen atoms in total. The lowest BCUT2D eigenvalue weighted by Crippen LogP contribution is -2.19. The van der Waals surface area contributed by atoms with E-state index in [0.717, 1.165) is 12.3 Å². The first-order valence-corrected chi connectivity index (χ1v) is 7.96. The highest BCUT2D eigenvalue weighted by molar-refractivity contribution is 5.98. The summed E-state index contributed by atoms with van der Waals surface area (Å²) in [6.45, 7) is -0.360. The number of carbonyl (C=O) groups is 2. The predicted octanol–water partition coefficient (Wildman–Crippen LogP) is 3.15. The molecule has 3 rings (SSSR count). The van der Waals surface area contributed by atoms with Crippen LogP contribution < -0.4 is 0 Å². The van der Waals surface area contributed by atoms with E-state index in [4.69, 9.17) is 4.74 Å². The van der Waals surface area contributed by atoms with E-state index >= 15 is 0 Å². The zero-order valence-electron chi connectivity index (χ0n) is 12.8. The molecular weight excluding hydrogens is 298 g/mol. The van der Waals surface area contributed by atoms with Gasteiger partial charge in [-0.05, 0) is 37.0 Å². The van der Waals surface area contributed by atoms with Gasteiger partial charge in [-0.15, -0.1) is 0 Å². The Bertz CT molecular complexity index is 642. The van der Waals surface area contributed by atoms with Gasteiger partial charge in [0.2, 0.25) is 5.78 Å². The molecule has 2 fully saturated rings. The normalized spacial score (nSPS) is 25.3. The molecule has 122 valence electrons. The van der Waals surface area contributed by atoms with Crippen molar-refractivity contribution in [3.63, 3.8) is 0 Å². The van der Waals surface area contributed by atoms with Crippen LogP contribution >= 0.6 is 0 Å². The van der Waals surface area contributed by atoms with Crippen LogP contribution in [-0.4, -0.2) is 23.3 Å². The lowest BCUT2D eigenvalue weighted by atomic mass is 9.86. The van der Waals surface area contributed by atoms with E-state index in [1.54, 1.807) is 0 Å². The Labute approximate surface area is 134 Å². The summed E-state index contributed by atoms with van der Waals surface area (Å²) >= 11 is 0. The number of ketones is 1. The summed E-state index contributed by atoms with van der Waals surface area (Å²) in [6, 6.07) is 5.45. The van der Waals surface area contributed by atoms with E-state index in [0.29, 0.717) is 18.3 Å². The molecule has 0 aliphatic heterocycles. The van der Waals surface area contributed by atoms with Gasteiger partial charge in [-0.3, -0.25) is 19.7 Å². The van der Waals surface area contributed by atoms with Crippen molar-refractivity contribution in [2.45, 2.75) is 32.1 Å². The average molecular weight is 317 g/mol. The van der Waals surface area contributed by atoms with Crippen LogP contribution in [0.15, 0.2) is 24.3 Å². The number of nitrogens with zero attached hydrogens (tertiary/aromatic N) is 1. The van der Waals surface area contributed by atoms with Crippen molar-refractivity contribution in [2.75, 3.05) is 6.61 Å². The summed E-state index contributed by atoms with van der Waals surface area (Å²) < 4.78 is 5.07. The van der Waals surface area contributed by atoms with Gasteiger partial charge in [0.25, 0.3) is 5.69 Å². The molecule has 2 bridgehead atoms. The number of nitro groups is 1. The molecule has 0 spiro atoms. The van der Waals surface area contributed by atoms with Gasteiger partial charge in [0.15, 0.2) is 6.61 Å². The third kappa shape index (κ3) is 3.57. The summed E-state index contributed by atoms with van der Waals surface area (Å²) in [5, 5.41) is 10.7. The van der Waals surface area contributed by atoms with Crippen LogP contribution in [0.1, 0.15) is 42.5 Å². The van der Waals surface area contributed by atoms with Gasteiger partial charge in [0, 0.05) is 24.1 Å². The van der Waals surface area contributed by atoms with E-state index in [-0.39, 0.29) is 23.8 Å². The maximum atomic E-state index is 12.0. The summed E-state index contributed by atoms with van der Waals surface area (Å²) in [6.07, 6.45) is 5.18. The van der Waals surface area contributed by atoms with Crippen LogP contribution in [0, 0.1) is 27.9 Å². The second-order valence-electron chi connectivity index (χ2n) is 6.53. The van der Waals surface area contributed by atoms with Gasteiger partial charge < -0.3 is 4.74 Å². The molecule has 6 heteroatoms. The first-order chi connectivity index (χ1) is 11.0. The van der Waals surface area contributed by atoms with Crippen LogP contribution in [0.5, 0.6) is 0 Å². The van der Waals surface area contributed by atoms with Gasteiger partial charge in [-0.2, -0.15) is 0 Å². The molecule has 1 aromatic carbocycles. The molecule has 0 N–H and O–H groups in total. The second kappa shape index (κ2) is 6.48. The van der Waals surface area contributed by atoms with E-state index < -0.39 is 10.7 Å². The highest BCUT2D eigenvalue weighted by Gasteiger charge is 2.40. The molecule has 0 unspecified atom stereocenters. The Morgan fingerprint density at radius 1 is 1.26 bits per heavy atom. The molecular formula is C17H19NO5. The molecule has 0 aromatic heterocycles. The number of non-ortho nitro benzene ring substituents is 1. The summed E-state index contributed by atoms with van der Waals surface area (Å²) in [5.74, 6) is 1.04. The molecule has 3 atom stereocenters. The fourth-order valence-corrected chi connectivity index (χ4v) is 3.92. The molecule has 23 heavy (non-hydrogen) atoms. The van der Waals surface area contributed by atoms with Crippen LogP contribution in [0.4, 0.5) is 5.69 Å². The zero-order valence-corrected chi connectivity index (χ0v) is 12.8. The SMILES string of the molecule is O=C(C[C@H]1C[C@H]2CC[C@@H]1C2)OCC(=O)c1cccc([N+](=O)[O-])c1. The van der Waals surface area contributed by atoms with E-state index in [1.165, 1.54) is 43.5 Å². The molecule has 2 aliphatic rings. The van der Waals surface area contributed by atoms with Crippen LogP contribution in [0.2, 0.25) is 0 Å². The van der Waals surface area contributed by atoms with Gasteiger partial charge >= 0.3 is 5.97 Å². The van der Waals surface area contributed by atoms with Gasteiger partial charge in [-0.1, -0.05) is 18.6 Å². The van der Waals surface area contributed by atoms with Gasteiger partial charge in [0.05, 0.1) is 4.92 Å². The van der Waals surface area contributed by atoms with E-state index in [2.05, 4.69) is 0 Å². The molecule has 1 aromatic rings. The Morgan fingerprint density at radius 2 is 2.09 bits per heavy atom. The van der Waals surface area contributed by atoms with E-state index in [1.807, 2.05) is 0 Å². The Morgan fingerprint density at radius 3 is 2.74 bits per heavy atom. The highest BCUT2D eigenvalue weighted by Crippen LogP contribution is 2.49. The quantitative estimate of drug-likeness (QED) is 0.348. The van der Waals surface area contributed by atoms with Crippen LogP contribution in [-0.2, 0) is 9.53 Å². The minimum Gasteiger partial charge on any atom is -0.457 e. The number of fused-ring (bicyclic) bond motifs is 2. The Kier molecular flexibility index (Phi) is 4.41. The first-order valence-electron chi connectivity index (χ1n) is 7.96. The van der Waals surface area contributed by atoms with Crippen molar-refractivity contribution in [2.24, 2.45) is 17.8 Å². The molecule has 2 aliphatic carbocycles. The zero-order chi connectivity index (χ0) is 16.4. The standard InChI is InChI=1S/C17H19NO5/c19-16(13-2-1-3-15(8-13)18(21)22)10-23-17(20)9-14-7-11-4-5-12(14)6-11/h1-3,8,11-12,14H,4-7,9-10H2/t11-,12+,14+/m0/s1. The lowest BCUT2D eigenvalue weighted by Gasteiger charge is -2.20. The van der Waals surface area contributed by atoms with E-state index in [9.17, 15) is 19.7 Å². The monoisotopic (exact) mass is 317 g/mol. The molecule has 2 saturated carbocycles. The topological polar surface area (TPSA) is 86.5 Å². The molecule has 0 heterocycles. The molecule has 0 saturated heterocycles. The largest absolute Gasteiger partial charge is 0.457 e. The fraction of sp³-hybridized carbons (Fsp3) is 0.529. The number of esters is 1. The number of benzene rings is 1. The number of hydrogen-bond acceptors (Lipinski definition) is 5. The van der Waals surface area contributed by atoms with Crippen molar-refractivity contribution >= 4 is 17.4 Å². The third-order valence-corrected chi connectivity index (χ3v) is 5.06. The number of carbonyl (C=O) groups excluding carboxylic acids is 2. The third-order valence-electron chi connectivity index (χ3n) is 5.06. The van der Waals surface area contributed by atoms with Crippen molar-refractivity contribution in [1.29, 1.82) is 0 Å². The minimum absolute atomic E-state index is 0.149. The fourth-order valence-electron chi connectivity index (χ4n) is 3.92. The van der Waals surface area contributed by atoms with Crippen molar-refractivity contribution in [1.82, 2.24) is 0 Å². The van der Waals surface area contributed by atoms with Crippen LogP contribution in [0.3, 0.4) is 0 Å². The van der Waals surface area contributed by atoms with Gasteiger partial charge in [0.1, 0.15) is 0 Å².